The van der Waals surface area contributed by atoms with Crippen LogP contribution in [0.1, 0.15) is 55.8 Å². The average Bonchev–Trinajstić information content (AvgIpc) is 3.12. The second-order valence-corrected chi connectivity index (χ2v) is 7.75. The van der Waals surface area contributed by atoms with E-state index in [1.165, 1.54) is 30.7 Å². The van der Waals surface area contributed by atoms with Gasteiger partial charge in [0.05, 0.1) is 0 Å². The standard InChI is InChI=1S/C21H28N4O/c26-20(5-4-17-6-10-22-11-7-17)24-13-8-19(9-14-24)21-23-12-15-25(21)16-18-2-1-3-18/h6-7,10-12,15,18-19H,1-5,8-9,13-14,16H2. The first-order chi connectivity index (χ1) is 12.8. The van der Waals surface area contributed by atoms with E-state index in [1.807, 2.05) is 23.2 Å². The summed E-state index contributed by atoms with van der Waals surface area (Å²) in [5, 5.41) is 0. The van der Waals surface area contributed by atoms with E-state index < -0.39 is 0 Å². The quantitative estimate of drug-likeness (QED) is 0.800. The first-order valence-corrected chi connectivity index (χ1v) is 9.97. The van der Waals surface area contributed by atoms with Crippen molar-refractivity contribution >= 4 is 5.91 Å². The van der Waals surface area contributed by atoms with Crippen molar-refractivity contribution in [3.05, 3.63) is 48.3 Å². The van der Waals surface area contributed by atoms with Crippen LogP contribution < -0.4 is 0 Å². The zero-order valence-electron chi connectivity index (χ0n) is 15.4. The van der Waals surface area contributed by atoms with Crippen LogP contribution >= 0.6 is 0 Å². The van der Waals surface area contributed by atoms with Crippen molar-refractivity contribution < 1.29 is 4.79 Å². The van der Waals surface area contributed by atoms with Crippen molar-refractivity contribution in [2.75, 3.05) is 13.1 Å². The number of amides is 1. The van der Waals surface area contributed by atoms with Crippen LogP contribution in [0.2, 0.25) is 0 Å². The van der Waals surface area contributed by atoms with Crippen LogP contribution in [-0.4, -0.2) is 38.4 Å². The number of carbonyl (C=O) groups excluding carboxylic acids is 1. The molecule has 2 aromatic rings. The van der Waals surface area contributed by atoms with Gasteiger partial charge in [0.25, 0.3) is 0 Å². The molecule has 0 N–H and O–H groups in total. The summed E-state index contributed by atoms with van der Waals surface area (Å²) in [5.41, 5.74) is 1.18. The van der Waals surface area contributed by atoms with Crippen LogP contribution in [0.3, 0.4) is 0 Å². The minimum atomic E-state index is 0.276. The molecular formula is C21H28N4O. The van der Waals surface area contributed by atoms with Gasteiger partial charge in [0, 0.05) is 56.8 Å². The van der Waals surface area contributed by atoms with Gasteiger partial charge in [0.15, 0.2) is 0 Å². The topological polar surface area (TPSA) is 51.0 Å². The third-order valence-electron chi connectivity index (χ3n) is 6.02. The van der Waals surface area contributed by atoms with E-state index in [0.29, 0.717) is 12.3 Å². The zero-order valence-corrected chi connectivity index (χ0v) is 15.4. The van der Waals surface area contributed by atoms with Crippen LogP contribution in [0.15, 0.2) is 36.9 Å². The van der Waals surface area contributed by atoms with E-state index in [-0.39, 0.29) is 5.91 Å². The van der Waals surface area contributed by atoms with Crippen LogP contribution in [0.5, 0.6) is 0 Å². The lowest BCUT2D eigenvalue weighted by atomic mass is 9.85. The summed E-state index contributed by atoms with van der Waals surface area (Å²) < 4.78 is 2.37. The van der Waals surface area contributed by atoms with Gasteiger partial charge in [-0.25, -0.2) is 4.98 Å². The number of piperidine rings is 1. The van der Waals surface area contributed by atoms with E-state index in [2.05, 4.69) is 20.7 Å². The van der Waals surface area contributed by atoms with E-state index in [0.717, 1.165) is 44.8 Å². The van der Waals surface area contributed by atoms with Gasteiger partial charge in [0.1, 0.15) is 5.82 Å². The molecule has 0 radical (unpaired) electrons. The Morgan fingerprint density at radius 1 is 1.08 bits per heavy atom. The number of pyridine rings is 1. The second-order valence-electron chi connectivity index (χ2n) is 7.75. The number of likely N-dealkylation sites (tertiary alicyclic amines) is 1. The maximum Gasteiger partial charge on any atom is 0.222 e. The van der Waals surface area contributed by atoms with Gasteiger partial charge in [-0.3, -0.25) is 9.78 Å². The van der Waals surface area contributed by atoms with Gasteiger partial charge < -0.3 is 9.47 Å². The fraction of sp³-hybridized carbons (Fsp3) is 0.571. The Morgan fingerprint density at radius 2 is 1.85 bits per heavy atom. The molecule has 3 heterocycles. The Hall–Kier alpha value is -2.17. The van der Waals surface area contributed by atoms with Gasteiger partial charge in [-0.15, -0.1) is 0 Å². The highest BCUT2D eigenvalue weighted by Crippen LogP contribution is 2.31. The molecule has 1 aliphatic heterocycles. The Bertz CT molecular complexity index is 715. The third-order valence-corrected chi connectivity index (χ3v) is 6.02. The van der Waals surface area contributed by atoms with Crippen LogP contribution in [0.25, 0.3) is 0 Å². The Labute approximate surface area is 155 Å². The van der Waals surface area contributed by atoms with Crippen molar-refractivity contribution in [1.82, 2.24) is 19.4 Å². The molecule has 0 bridgehead atoms. The van der Waals surface area contributed by atoms with E-state index in [1.54, 1.807) is 12.4 Å². The minimum absolute atomic E-state index is 0.276. The molecule has 5 heteroatoms. The van der Waals surface area contributed by atoms with Gasteiger partial charge >= 0.3 is 0 Å². The number of aryl methyl sites for hydroxylation is 1. The maximum atomic E-state index is 12.5. The number of hydrogen-bond acceptors (Lipinski definition) is 3. The molecule has 1 saturated carbocycles. The lowest BCUT2D eigenvalue weighted by molar-refractivity contribution is -0.132. The normalized spacial score (nSPS) is 18.7. The molecule has 138 valence electrons. The SMILES string of the molecule is O=C(CCc1ccncc1)N1CCC(c2nccn2CC2CCC2)CC1. The Morgan fingerprint density at radius 3 is 2.54 bits per heavy atom. The first kappa shape index (κ1) is 17.3. The molecule has 26 heavy (non-hydrogen) atoms. The number of hydrogen-bond donors (Lipinski definition) is 0. The molecule has 2 aromatic heterocycles. The third kappa shape index (κ3) is 3.97. The summed E-state index contributed by atoms with van der Waals surface area (Å²) in [4.78, 5) is 23.2. The summed E-state index contributed by atoms with van der Waals surface area (Å²) in [7, 11) is 0. The molecule has 1 amide bonds. The molecular weight excluding hydrogens is 324 g/mol. The van der Waals surface area contributed by atoms with Crippen LogP contribution in [-0.2, 0) is 17.8 Å². The summed E-state index contributed by atoms with van der Waals surface area (Å²) in [6, 6.07) is 3.98. The van der Waals surface area contributed by atoms with E-state index in [9.17, 15) is 4.79 Å². The van der Waals surface area contributed by atoms with Crippen LogP contribution in [0, 0.1) is 5.92 Å². The monoisotopic (exact) mass is 352 g/mol. The number of aromatic nitrogens is 3. The lowest BCUT2D eigenvalue weighted by Crippen LogP contribution is -2.38. The summed E-state index contributed by atoms with van der Waals surface area (Å²) >= 11 is 0. The molecule has 0 unspecified atom stereocenters. The van der Waals surface area contributed by atoms with Gasteiger partial charge in [-0.1, -0.05) is 6.42 Å². The molecule has 1 aliphatic carbocycles. The molecule has 1 saturated heterocycles. The summed E-state index contributed by atoms with van der Waals surface area (Å²) in [5.74, 6) is 2.85. The number of imidazole rings is 1. The van der Waals surface area contributed by atoms with Gasteiger partial charge in [-0.2, -0.15) is 0 Å². The Kier molecular flexibility index (Phi) is 5.32. The minimum Gasteiger partial charge on any atom is -0.343 e. The molecule has 0 spiro atoms. The number of rotatable bonds is 6. The summed E-state index contributed by atoms with van der Waals surface area (Å²) in [6.07, 6.45) is 15.2. The molecule has 2 aliphatic rings. The zero-order chi connectivity index (χ0) is 17.8. The Balaban J connectivity index is 1.27. The highest BCUT2D eigenvalue weighted by atomic mass is 16.2. The highest BCUT2D eigenvalue weighted by molar-refractivity contribution is 5.76. The fourth-order valence-corrected chi connectivity index (χ4v) is 4.13. The predicted molar refractivity (Wildman–Crippen MR) is 101 cm³/mol. The smallest absolute Gasteiger partial charge is 0.222 e. The van der Waals surface area contributed by atoms with Crippen molar-refractivity contribution in [2.45, 2.75) is 57.4 Å². The van der Waals surface area contributed by atoms with Crippen molar-refractivity contribution in [2.24, 2.45) is 5.92 Å². The molecule has 0 aromatic carbocycles. The number of carbonyl (C=O) groups is 1. The van der Waals surface area contributed by atoms with Gasteiger partial charge in [0.2, 0.25) is 5.91 Å². The predicted octanol–water partition coefficient (Wildman–Crippen LogP) is 3.42. The van der Waals surface area contributed by atoms with Crippen LogP contribution in [0.4, 0.5) is 0 Å². The highest BCUT2D eigenvalue weighted by Gasteiger charge is 2.27. The van der Waals surface area contributed by atoms with Crippen molar-refractivity contribution in [1.29, 1.82) is 0 Å². The van der Waals surface area contributed by atoms with E-state index >= 15 is 0 Å². The maximum absolute atomic E-state index is 12.5. The second kappa shape index (κ2) is 8.02. The number of nitrogens with zero attached hydrogens (tertiary/aromatic N) is 4. The average molecular weight is 352 g/mol. The molecule has 0 atom stereocenters. The van der Waals surface area contributed by atoms with Crippen molar-refractivity contribution in [3.63, 3.8) is 0 Å². The van der Waals surface area contributed by atoms with Crippen molar-refractivity contribution in [3.8, 4) is 0 Å². The van der Waals surface area contributed by atoms with E-state index in [4.69, 9.17) is 0 Å². The molecule has 4 rings (SSSR count). The molecule has 2 fully saturated rings. The van der Waals surface area contributed by atoms with Gasteiger partial charge in [-0.05, 0) is 55.7 Å². The fourth-order valence-electron chi connectivity index (χ4n) is 4.13. The lowest BCUT2D eigenvalue weighted by Gasteiger charge is -2.33. The molecule has 5 nitrogen and oxygen atoms in total. The first-order valence-electron chi connectivity index (χ1n) is 9.97. The summed E-state index contributed by atoms with van der Waals surface area (Å²) in [6.45, 7) is 2.84. The largest absolute Gasteiger partial charge is 0.343 e.